The molecule has 0 aliphatic carbocycles. The van der Waals surface area contributed by atoms with Crippen molar-refractivity contribution in [2.24, 2.45) is 5.73 Å². The predicted octanol–water partition coefficient (Wildman–Crippen LogP) is 4.64. The highest BCUT2D eigenvalue weighted by molar-refractivity contribution is 6.19. The first-order valence-corrected chi connectivity index (χ1v) is 10.00. The van der Waals surface area contributed by atoms with E-state index in [1.54, 1.807) is 6.07 Å². The lowest BCUT2D eigenvalue weighted by Crippen LogP contribution is -2.11. The van der Waals surface area contributed by atoms with Gasteiger partial charge in [0.15, 0.2) is 6.29 Å². The quantitative estimate of drug-likeness (QED) is 0.459. The maximum atomic E-state index is 12.2. The second-order valence-corrected chi connectivity index (χ2v) is 7.68. The Morgan fingerprint density at radius 2 is 1.80 bits per heavy atom. The fourth-order valence-electron chi connectivity index (χ4n) is 3.96. The minimum absolute atomic E-state index is 0.0548. The molecule has 0 aliphatic heterocycles. The third-order valence-corrected chi connectivity index (χ3v) is 5.40. The van der Waals surface area contributed by atoms with Gasteiger partial charge in [0.05, 0.1) is 16.4 Å². The largest absolute Gasteiger partial charge is 0.485 e. The number of nitrogens with zero attached hydrogens (tertiary/aromatic N) is 1. The van der Waals surface area contributed by atoms with Gasteiger partial charge in [-0.1, -0.05) is 50.2 Å². The zero-order valence-electron chi connectivity index (χ0n) is 17.1. The van der Waals surface area contributed by atoms with Crippen molar-refractivity contribution in [3.8, 4) is 5.75 Å². The van der Waals surface area contributed by atoms with Crippen LogP contribution in [0.25, 0.3) is 21.8 Å². The van der Waals surface area contributed by atoms with E-state index in [0.29, 0.717) is 17.9 Å². The Balaban J connectivity index is 2.12. The summed E-state index contributed by atoms with van der Waals surface area (Å²) in [5, 5.41) is 1.56. The molecule has 4 aromatic rings. The van der Waals surface area contributed by atoms with Crippen LogP contribution in [-0.2, 0) is 11.3 Å². The highest BCUT2D eigenvalue weighted by Gasteiger charge is 2.21. The van der Waals surface area contributed by atoms with Crippen LogP contribution in [0.5, 0.6) is 5.75 Å². The third kappa shape index (κ3) is 3.43. The Labute approximate surface area is 175 Å². The molecule has 0 fully saturated rings. The fraction of sp³-hybridized carbons (Fsp3) is 0.200. The van der Waals surface area contributed by atoms with Crippen molar-refractivity contribution in [2.75, 3.05) is 6.61 Å². The maximum Gasteiger partial charge on any atom is 0.249 e. The minimum atomic E-state index is -0.492. The number of carbonyl (C=O) groups is 2. The van der Waals surface area contributed by atoms with Crippen LogP contribution in [-0.4, -0.2) is 23.4 Å². The Kier molecular flexibility index (Phi) is 5.27. The van der Waals surface area contributed by atoms with Crippen LogP contribution >= 0.6 is 0 Å². The number of rotatable bonds is 7. The second-order valence-electron chi connectivity index (χ2n) is 7.68. The second kappa shape index (κ2) is 8.03. The van der Waals surface area contributed by atoms with Crippen molar-refractivity contribution >= 4 is 34.0 Å². The van der Waals surface area contributed by atoms with Crippen LogP contribution in [0.2, 0.25) is 0 Å². The van der Waals surface area contributed by atoms with Crippen molar-refractivity contribution in [1.29, 1.82) is 0 Å². The summed E-state index contributed by atoms with van der Waals surface area (Å²) in [6.45, 7) is 4.81. The number of nitrogens with two attached hydrogens (primary N) is 1. The lowest BCUT2D eigenvalue weighted by atomic mass is 9.99. The number of aldehydes is 1. The Morgan fingerprint density at radius 1 is 1.03 bits per heavy atom. The molecule has 152 valence electrons. The van der Waals surface area contributed by atoms with Gasteiger partial charge >= 0.3 is 0 Å². The number of amides is 1. The van der Waals surface area contributed by atoms with Gasteiger partial charge in [0, 0.05) is 17.5 Å². The Bertz CT molecular complexity index is 1240. The van der Waals surface area contributed by atoms with E-state index < -0.39 is 5.91 Å². The molecule has 1 amide bonds. The van der Waals surface area contributed by atoms with Crippen LogP contribution in [0, 0.1) is 0 Å². The molecule has 1 heterocycles. The average molecular weight is 400 g/mol. The zero-order chi connectivity index (χ0) is 21.3. The summed E-state index contributed by atoms with van der Waals surface area (Å²) >= 11 is 0. The first-order valence-electron chi connectivity index (χ1n) is 10.00. The van der Waals surface area contributed by atoms with E-state index in [1.165, 1.54) is 0 Å². The van der Waals surface area contributed by atoms with Gasteiger partial charge < -0.3 is 15.0 Å². The van der Waals surface area contributed by atoms with Gasteiger partial charge in [-0.05, 0) is 41.3 Å². The summed E-state index contributed by atoms with van der Waals surface area (Å²) in [6.07, 6.45) is 0.728. The molecular weight excluding hydrogens is 376 g/mol. The smallest absolute Gasteiger partial charge is 0.249 e. The van der Waals surface area contributed by atoms with E-state index in [2.05, 4.69) is 36.6 Å². The molecule has 0 aliphatic rings. The van der Waals surface area contributed by atoms with E-state index in [9.17, 15) is 9.59 Å². The number of carbonyl (C=O) groups excluding carboxylic acids is 2. The predicted molar refractivity (Wildman–Crippen MR) is 119 cm³/mol. The molecule has 1 aromatic heterocycles. The molecule has 5 nitrogen and oxygen atoms in total. The molecule has 5 heteroatoms. The standard InChI is InChI=1S/C25H24N2O3/c1-16(2)18-13-21-24(22(14-18)30-12-11-28)23-19(25(26)29)9-6-10-20(23)27(21)15-17-7-4-3-5-8-17/h3-11,13-14,16H,12,15H2,1-2H3,(H2,26,29). The number of ether oxygens (including phenoxy) is 1. The van der Waals surface area contributed by atoms with Gasteiger partial charge in [0.1, 0.15) is 12.4 Å². The monoisotopic (exact) mass is 400 g/mol. The summed E-state index contributed by atoms with van der Waals surface area (Å²) < 4.78 is 8.02. The summed E-state index contributed by atoms with van der Waals surface area (Å²) in [5.74, 6) is 0.370. The SMILES string of the molecule is CC(C)c1cc(OCC=O)c2c3c(C(N)=O)cccc3n(Cc3ccccc3)c2c1. The number of benzene rings is 3. The molecule has 0 spiro atoms. The topological polar surface area (TPSA) is 74.3 Å². The number of hydrogen-bond acceptors (Lipinski definition) is 3. The maximum absolute atomic E-state index is 12.2. The molecule has 0 saturated carbocycles. The van der Waals surface area contributed by atoms with E-state index in [4.69, 9.17) is 10.5 Å². The number of primary amides is 1. The molecular formula is C25H24N2O3. The van der Waals surface area contributed by atoms with Crippen molar-refractivity contribution in [2.45, 2.75) is 26.3 Å². The van der Waals surface area contributed by atoms with Gasteiger partial charge in [-0.3, -0.25) is 9.59 Å². The van der Waals surface area contributed by atoms with Crippen LogP contribution < -0.4 is 10.5 Å². The Hall–Kier alpha value is -3.60. The van der Waals surface area contributed by atoms with Gasteiger partial charge in [-0.25, -0.2) is 0 Å². The third-order valence-electron chi connectivity index (χ3n) is 5.40. The van der Waals surface area contributed by atoms with E-state index in [0.717, 1.165) is 39.2 Å². The van der Waals surface area contributed by atoms with Crippen molar-refractivity contribution in [3.63, 3.8) is 0 Å². The van der Waals surface area contributed by atoms with E-state index >= 15 is 0 Å². The molecule has 4 rings (SSSR count). The molecule has 0 unspecified atom stereocenters. The normalized spacial score (nSPS) is 11.3. The van der Waals surface area contributed by atoms with Crippen molar-refractivity contribution < 1.29 is 14.3 Å². The molecule has 0 radical (unpaired) electrons. The zero-order valence-corrected chi connectivity index (χ0v) is 17.1. The van der Waals surface area contributed by atoms with Gasteiger partial charge in [0.2, 0.25) is 5.91 Å². The summed E-state index contributed by atoms with van der Waals surface area (Å²) in [5.41, 5.74) is 10.3. The van der Waals surface area contributed by atoms with E-state index in [1.807, 2.05) is 36.4 Å². The summed E-state index contributed by atoms with van der Waals surface area (Å²) in [7, 11) is 0. The number of aromatic nitrogens is 1. The van der Waals surface area contributed by atoms with Crippen LogP contribution in [0.15, 0.2) is 60.7 Å². The Morgan fingerprint density at radius 3 is 2.47 bits per heavy atom. The van der Waals surface area contributed by atoms with Crippen molar-refractivity contribution in [1.82, 2.24) is 4.57 Å². The molecule has 3 aromatic carbocycles. The number of fused-ring (bicyclic) bond motifs is 3. The first-order chi connectivity index (χ1) is 14.5. The lowest BCUT2D eigenvalue weighted by Gasteiger charge is -2.13. The first kappa shape index (κ1) is 19.7. The molecule has 30 heavy (non-hydrogen) atoms. The van der Waals surface area contributed by atoms with Gasteiger partial charge in [-0.15, -0.1) is 0 Å². The van der Waals surface area contributed by atoms with Crippen LogP contribution in [0.1, 0.15) is 41.3 Å². The molecule has 2 N–H and O–H groups in total. The summed E-state index contributed by atoms with van der Waals surface area (Å²) in [6, 6.07) is 19.8. The summed E-state index contributed by atoms with van der Waals surface area (Å²) in [4.78, 5) is 23.3. The average Bonchev–Trinajstić information content (AvgIpc) is 3.06. The fourth-order valence-corrected chi connectivity index (χ4v) is 3.96. The minimum Gasteiger partial charge on any atom is -0.485 e. The highest BCUT2D eigenvalue weighted by Crippen LogP contribution is 2.40. The van der Waals surface area contributed by atoms with Gasteiger partial charge in [0.25, 0.3) is 0 Å². The van der Waals surface area contributed by atoms with Crippen molar-refractivity contribution in [3.05, 3.63) is 77.4 Å². The van der Waals surface area contributed by atoms with Crippen LogP contribution in [0.3, 0.4) is 0 Å². The van der Waals surface area contributed by atoms with Gasteiger partial charge in [-0.2, -0.15) is 0 Å². The van der Waals surface area contributed by atoms with E-state index in [-0.39, 0.29) is 12.5 Å². The highest BCUT2D eigenvalue weighted by atomic mass is 16.5. The lowest BCUT2D eigenvalue weighted by molar-refractivity contribution is -0.109. The molecule has 0 atom stereocenters. The molecule has 0 saturated heterocycles. The van der Waals surface area contributed by atoms with Crippen LogP contribution in [0.4, 0.5) is 0 Å². The molecule has 0 bridgehead atoms. The number of hydrogen-bond donors (Lipinski definition) is 1.